The third-order valence-electron chi connectivity index (χ3n) is 3.46. The molecule has 24 heavy (non-hydrogen) atoms. The van der Waals surface area contributed by atoms with E-state index in [1.54, 1.807) is 25.1 Å². The van der Waals surface area contributed by atoms with Gasteiger partial charge in [-0.05, 0) is 19.1 Å². The molecule has 0 bridgehead atoms. The van der Waals surface area contributed by atoms with Gasteiger partial charge in [-0.3, -0.25) is 14.2 Å². The largest absolute Gasteiger partial charge is 0.484 e. The Morgan fingerprint density at radius 3 is 3.08 bits per heavy atom. The van der Waals surface area contributed by atoms with Crippen molar-refractivity contribution >= 4 is 5.91 Å². The second kappa shape index (κ2) is 7.03. The molecule has 1 aromatic carbocycles. The van der Waals surface area contributed by atoms with Gasteiger partial charge in [0.1, 0.15) is 5.75 Å². The van der Waals surface area contributed by atoms with Crippen LogP contribution in [0.4, 0.5) is 0 Å². The number of amides is 1. The van der Waals surface area contributed by atoms with Crippen molar-refractivity contribution in [1.29, 1.82) is 0 Å². The summed E-state index contributed by atoms with van der Waals surface area (Å²) in [5.74, 6) is 1.50. The van der Waals surface area contributed by atoms with E-state index >= 15 is 0 Å². The van der Waals surface area contributed by atoms with E-state index in [2.05, 4.69) is 10.3 Å². The molecule has 0 unspecified atom stereocenters. The maximum atomic E-state index is 11.8. The van der Waals surface area contributed by atoms with Gasteiger partial charge in [-0.25, -0.2) is 4.98 Å². The highest BCUT2D eigenvalue weighted by Gasteiger charge is 2.14. The molecule has 1 aliphatic rings. The fourth-order valence-corrected chi connectivity index (χ4v) is 2.20. The van der Waals surface area contributed by atoms with E-state index in [-0.39, 0.29) is 24.9 Å². The van der Waals surface area contributed by atoms with E-state index in [0.29, 0.717) is 35.9 Å². The van der Waals surface area contributed by atoms with Crippen molar-refractivity contribution in [1.82, 2.24) is 14.9 Å². The van der Waals surface area contributed by atoms with Crippen molar-refractivity contribution in [2.45, 2.75) is 13.5 Å². The Kier molecular flexibility index (Phi) is 4.64. The molecule has 126 valence electrons. The number of benzene rings is 1. The first-order valence-electron chi connectivity index (χ1n) is 7.43. The number of carbonyl (C=O) groups excluding carboxylic acids is 1. The minimum absolute atomic E-state index is 0.115. The number of ether oxygens (including phenoxy) is 3. The van der Waals surface area contributed by atoms with E-state index in [1.807, 2.05) is 0 Å². The standard InChI is InChI=1S/C16H17N3O5/c1-11-7-17-9-19(16(11)21)5-4-18-15(20)8-22-12-2-3-13-14(6-12)24-10-23-13/h2-3,6-7,9H,4-5,8,10H2,1H3,(H,18,20). The first kappa shape index (κ1) is 15.9. The van der Waals surface area contributed by atoms with Gasteiger partial charge < -0.3 is 19.5 Å². The summed E-state index contributed by atoms with van der Waals surface area (Å²) in [6.45, 7) is 2.42. The average molecular weight is 331 g/mol. The number of aryl methyl sites for hydroxylation is 1. The molecule has 0 spiro atoms. The monoisotopic (exact) mass is 331 g/mol. The van der Waals surface area contributed by atoms with Crippen LogP contribution in [0, 0.1) is 6.92 Å². The van der Waals surface area contributed by atoms with Gasteiger partial charge in [0, 0.05) is 30.9 Å². The lowest BCUT2D eigenvalue weighted by Crippen LogP contribution is -2.34. The average Bonchev–Trinajstić information content (AvgIpc) is 3.04. The molecule has 0 radical (unpaired) electrons. The number of rotatable bonds is 6. The van der Waals surface area contributed by atoms with E-state index in [1.165, 1.54) is 17.1 Å². The minimum Gasteiger partial charge on any atom is -0.484 e. The van der Waals surface area contributed by atoms with Crippen LogP contribution in [0.5, 0.6) is 17.2 Å². The van der Waals surface area contributed by atoms with Gasteiger partial charge in [-0.1, -0.05) is 0 Å². The summed E-state index contributed by atoms with van der Waals surface area (Å²) in [5.41, 5.74) is 0.450. The van der Waals surface area contributed by atoms with Gasteiger partial charge in [0.15, 0.2) is 18.1 Å². The third-order valence-corrected chi connectivity index (χ3v) is 3.46. The molecular formula is C16H17N3O5. The molecule has 1 aliphatic heterocycles. The Hall–Kier alpha value is -3.03. The van der Waals surface area contributed by atoms with Gasteiger partial charge >= 0.3 is 0 Å². The number of carbonyl (C=O) groups is 1. The summed E-state index contributed by atoms with van der Waals surface area (Å²) >= 11 is 0. The lowest BCUT2D eigenvalue weighted by molar-refractivity contribution is -0.123. The van der Waals surface area contributed by atoms with Gasteiger partial charge in [-0.2, -0.15) is 0 Å². The zero-order valence-electron chi connectivity index (χ0n) is 13.2. The molecule has 2 aromatic rings. The predicted molar refractivity (Wildman–Crippen MR) is 84.3 cm³/mol. The smallest absolute Gasteiger partial charge is 0.258 e. The molecule has 1 N–H and O–H groups in total. The molecule has 3 rings (SSSR count). The van der Waals surface area contributed by atoms with Crippen molar-refractivity contribution in [2.24, 2.45) is 0 Å². The molecule has 0 saturated heterocycles. The van der Waals surface area contributed by atoms with E-state index < -0.39 is 0 Å². The van der Waals surface area contributed by atoms with Crippen molar-refractivity contribution in [3.63, 3.8) is 0 Å². The molecular weight excluding hydrogens is 314 g/mol. The Bertz CT molecular complexity index is 803. The van der Waals surface area contributed by atoms with Crippen LogP contribution in [0.15, 0.2) is 35.5 Å². The zero-order chi connectivity index (χ0) is 16.9. The quantitative estimate of drug-likeness (QED) is 0.828. The minimum atomic E-state index is -0.277. The first-order valence-corrected chi connectivity index (χ1v) is 7.43. The van der Waals surface area contributed by atoms with Crippen molar-refractivity contribution in [3.8, 4) is 17.2 Å². The lowest BCUT2D eigenvalue weighted by Gasteiger charge is -2.09. The van der Waals surface area contributed by atoms with Crippen LogP contribution in [0.25, 0.3) is 0 Å². The summed E-state index contributed by atoms with van der Waals surface area (Å²) < 4.78 is 17.3. The van der Waals surface area contributed by atoms with E-state index in [4.69, 9.17) is 14.2 Å². The second-order valence-corrected chi connectivity index (χ2v) is 5.23. The lowest BCUT2D eigenvalue weighted by atomic mass is 10.3. The van der Waals surface area contributed by atoms with Crippen molar-refractivity contribution in [2.75, 3.05) is 19.9 Å². The van der Waals surface area contributed by atoms with Crippen LogP contribution >= 0.6 is 0 Å². The zero-order valence-corrected chi connectivity index (χ0v) is 13.2. The van der Waals surface area contributed by atoms with Gasteiger partial charge in [-0.15, -0.1) is 0 Å². The summed E-state index contributed by atoms with van der Waals surface area (Å²) in [6.07, 6.45) is 2.96. The summed E-state index contributed by atoms with van der Waals surface area (Å²) in [7, 11) is 0. The highest BCUT2D eigenvalue weighted by molar-refractivity contribution is 5.77. The molecule has 0 fully saturated rings. The number of fused-ring (bicyclic) bond motifs is 1. The van der Waals surface area contributed by atoms with Crippen LogP contribution in [0.3, 0.4) is 0 Å². The molecule has 1 amide bonds. The molecule has 2 heterocycles. The first-order chi connectivity index (χ1) is 11.6. The Balaban J connectivity index is 1.44. The van der Waals surface area contributed by atoms with Crippen molar-refractivity contribution in [3.05, 3.63) is 46.6 Å². The summed E-state index contributed by atoms with van der Waals surface area (Å²) in [6, 6.07) is 5.11. The number of hydrogen-bond donors (Lipinski definition) is 1. The second-order valence-electron chi connectivity index (χ2n) is 5.23. The Morgan fingerprint density at radius 1 is 1.38 bits per heavy atom. The van der Waals surface area contributed by atoms with Crippen LogP contribution < -0.4 is 25.1 Å². The predicted octanol–water partition coefficient (Wildman–Crippen LogP) is 0.476. The van der Waals surface area contributed by atoms with Crippen LogP contribution in [0.2, 0.25) is 0 Å². The fraction of sp³-hybridized carbons (Fsp3) is 0.312. The molecule has 0 saturated carbocycles. The summed E-state index contributed by atoms with van der Waals surface area (Å²) in [5, 5.41) is 2.69. The topological polar surface area (TPSA) is 91.7 Å². The Labute approximate surface area is 138 Å². The van der Waals surface area contributed by atoms with E-state index in [0.717, 1.165) is 0 Å². The van der Waals surface area contributed by atoms with Gasteiger partial charge in [0.25, 0.3) is 11.5 Å². The summed E-state index contributed by atoms with van der Waals surface area (Å²) in [4.78, 5) is 27.6. The molecule has 8 heteroatoms. The van der Waals surface area contributed by atoms with Crippen LogP contribution in [-0.2, 0) is 11.3 Å². The highest BCUT2D eigenvalue weighted by atomic mass is 16.7. The normalized spacial score (nSPS) is 12.0. The maximum absolute atomic E-state index is 11.8. The number of nitrogens with one attached hydrogen (secondary N) is 1. The van der Waals surface area contributed by atoms with Crippen LogP contribution in [-0.4, -0.2) is 35.4 Å². The van der Waals surface area contributed by atoms with Crippen LogP contribution in [0.1, 0.15) is 5.56 Å². The molecule has 0 aliphatic carbocycles. The SMILES string of the molecule is Cc1cncn(CCNC(=O)COc2ccc3c(c2)OCO3)c1=O. The third kappa shape index (κ3) is 3.65. The number of hydrogen-bond acceptors (Lipinski definition) is 6. The number of aromatic nitrogens is 2. The number of nitrogens with zero attached hydrogens (tertiary/aromatic N) is 2. The molecule has 8 nitrogen and oxygen atoms in total. The maximum Gasteiger partial charge on any atom is 0.258 e. The van der Waals surface area contributed by atoms with Crippen molar-refractivity contribution < 1.29 is 19.0 Å². The molecule has 1 aromatic heterocycles. The van der Waals surface area contributed by atoms with Gasteiger partial charge in [0.05, 0.1) is 6.33 Å². The Morgan fingerprint density at radius 2 is 2.21 bits per heavy atom. The van der Waals surface area contributed by atoms with E-state index in [9.17, 15) is 9.59 Å². The molecule has 0 atom stereocenters. The van der Waals surface area contributed by atoms with Gasteiger partial charge in [0.2, 0.25) is 6.79 Å². The highest BCUT2D eigenvalue weighted by Crippen LogP contribution is 2.34. The fourth-order valence-electron chi connectivity index (χ4n) is 2.20.